The van der Waals surface area contributed by atoms with E-state index in [4.69, 9.17) is 4.74 Å². The maximum Gasteiger partial charge on any atom is 0.356 e. The number of aryl methyl sites for hydroxylation is 1. The highest BCUT2D eigenvalue weighted by atomic mass is 32.2. The van der Waals surface area contributed by atoms with E-state index in [-0.39, 0.29) is 5.69 Å². The van der Waals surface area contributed by atoms with Gasteiger partial charge >= 0.3 is 5.97 Å². The molecule has 31 heavy (non-hydrogen) atoms. The summed E-state index contributed by atoms with van der Waals surface area (Å²) < 4.78 is 7.24. The fourth-order valence-electron chi connectivity index (χ4n) is 4.15. The Morgan fingerprint density at radius 2 is 1.90 bits per heavy atom. The highest BCUT2D eigenvalue weighted by Crippen LogP contribution is 2.36. The summed E-state index contributed by atoms with van der Waals surface area (Å²) in [5.74, 6) is -1.04. The average molecular weight is 435 g/mol. The fourth-order valence-corrected chi connectivity index (χ4v) is 5.07. The van der Waals surface area contributed by atoms with Crippen molar-refractivity contribution in [3.63, 3.8) is 0 Å². The summed E-state index contributed by atoms with van der Waals surface area (Å²) in [5.41, 5.74) is 2.69. The van der Waals surface area contributed by atoms with Gasteiger partial charge in [-0.15, -0.1) is 0 Å². The average Bonchev–Trinajstić information content (AvgIpc) is 3.19. The van der Waals surface area contributed by atoms with E-state index in [0.717, 1.165) is 31.8 Å². The van der Waals surface area contributed by atoms with Crippen LogP contribution in [0.25, 0.3) is 16.6 Å². The second kappa shape index (κ2) is 7.67. The molecule has 2 aromatic heterocycles. The lowest BCUT2D eigenvalue weighted by atomic mass is 9.87. The predicted octanol–water partition coefficient (Wildman–Crippen LogP) is 4.64. The van der Waals surface area contributed by atoms with E-state index in [9.17, 15) is 15.0 Å². The van der Waals surface area contributed by atoms with Crippen LogP contribution in [-0.2, 0) is 10.3 Å². The van der Waals surface area contributed by atoms with Crippen LogP contribution in [-0.4, -0.2) is 38.8 Å². The molecule has 2 aromatic carbocycles. The van der Waals surface area contributed by atoms with Crippen molar-refractivity contribution in [1.82, 2.24) is 9.38 Å². The molecule has 3 heterocycles. The number of pyridine rings is 1. The van der Waals surface area contributed by atoms with Crippen molar-refractivity contribution in [1.29, 1.82) is 0 Å². The molecule has 2 N–H and O–H groups in total. The van der Waals surface area contributed by atoms with Gasteiger partial charge in [-0.1, -0.05) is 30.0 Å². The molecule has 0 aliphatic carbocycles. The number of carboxylic acids is 1. The van der Waals surface area contributed by atoms with Gasteiger partial charge < -0.3 is 14.9 Å². The first-order chi connectivity index (χ1) is 14.9. The predicted molar refractivity (Wildman–Crippen MR) is 119 cm³/mol. The third kappa shape index (κ3) is 3.69. The largest absolute Gasteiger partial charge is 0.476 e. The SMILES string of the molecule is Cc1cc2nc(C(=O)O)cn2c2cc(Sc3cccc(C4(O)CCOCC4)c3)ccc12. The lowest BCUT2D eigenvalue weighted by molar-refractivity contribution is -0.0680. The Morgan fingerprint density at radius 1 is 1.13 bits per heavy atom. The quantitative estimate of drug-likeness (QED) is 0.487. The zero-order valence-corrected chi connectivity index (χ0v) is 17.9. The van der Waals surface area contributed by atoms with Gasteiger partial charge in [-0.2, -0.15) is 0 Å². The number of carbonyl (C=O) groups is 1. The number of nitrogens with zero attached hydrogens (tertiary/aromatic N) is 2. The Hall–Kier alpha value is -2.87. The van der Waals surface area contributed by atoms with E-state index in [1.807, 2.05) is 41.7 Å². The minimum atomic E-state index is -1.04. The van der Waals surface area contributed by atoms with E-state index in [2.05, 4.69) is 23.2 Å². The number of hydrogen-bond acceptors (Lipinski definition) is 5. The van der Waals surface area contributed by atoms with Gasteiger partial charge in [0.15, 0.2) is 5.69 Å². The number of rotatable bonds is 4. The molecule has 1 fully saturated rings. The van der Waals surface area contributed by atoms with Crippen LogP contribution >= 0.6 is 11.8 Å². The van der Waals surface area contributed by atoms with Gasteiger partial charge in [0.05, 0.1) is 11.1 Å². The zero-order valence-electron chi connectivity index (χ0n) is 17.0. The van der Waals surface area contributed by atoms with Crippen LogP contribution in [0.15, 0.2) is 64.5 Å². The van der Waals surface area contributed by atoms with Crippen LogP contribution in [0.1, 0.15) is 34.5 Å². The number of fused-ring (bicyclic) bond motifs is 3. The van der Waals surface area contributed by atoms with Crippen molar-refractivity contribution in [2.45, 2.75) is 35.2 Å². The van der Waals surface area contributed by atoms with Gasteiger partial charge in [0, 0.05) is 47.4 Å². The van der Waals surface area contributed by atoms with E-state index in [1.54, 1.807) is 18.0 Å². The number of hydrogen-bond donors (Lipinski definition) is 2. The third-order valence-electron chi connectivity index (χ3n) is 5.88. The Labute approximate surface area is 183 Å². The first kappa shape index (κ1) is 20.1. The third-order valence-corrected chi connectivity index (χ3v) is 6.86. The van der Waals surface area contributed by atoms with E-state index in [0.29, 0.717) is 31.7 Å². The monoisotopic (exact) mass is 434 g/mol. The van der Waals surface area contributed by atoms with Crippen molar-refractivity contribution in [3.05, 3.63) is 71.5 Å². The molecule has 0 bridgehead atoms. The molecule has 0 amide bonds. The molecule has 7 heteroatoms. The molecule has 0 spiro atoms. The van der Waals surface area contributed by atoms with E-state index in [1.165, 1.54) is 0 Å². The lowest BCUT2D eigenvalue weighted by Gasteiger charge is -2.32. The molecule has 6 nitrogen and oxygen atoms in total. The van der Waals surface area contributed by atoms with Crippen molar-refractivity contribution >= 4 is 34.3 Å². The molecular formula is C24H22N2O4S. The van der Waals surface area contributed by atoms with Crippen LogP contribution in [0.4, 0.5) is 0 Å². The van der Waals surface area contributed by atoms with Gasteiger partial charge in [-0.25, -0.2) is 9.78 Å². The molecule has 5 rings (SSSR count). The molecule has 0 saturated carbocycles. The maximum absolute atomic E-state index is 11.4. The van der Waals surface area contributed by atoms with Crippen LogP contribution in [0.5, 0.6) is 0 Å². The number of aliphatic hydroxyl groups is 1. The van der Waals surface area contributed by atoms with E-state index >= 15 is 0 Å². The maximum atomic E-state index is 11.4. The Bertz CT molecular complexity index is 1310. The minimum absolute atomic E-state index is 0.0300. The second-order valence-electron chi connectivity index (χ2n) is 7.94. The van der Waals surface area contributed by atoms with Crippen LogP contribution in [0, 0.1) is 6.92 Å². The summed E-state index contributed by atoms with van der Waals surface area (Å²) in [5, 5.41) is 21.4. The first-order valence-electron chi connectivity index (χ1n) is 10.2. The molecule has 158 valence electrons. The molecule has 1 aliphatic rings. The molecule has 1 saturated heterocycles. The van der Waals surface area contributed by atoms with Gasteiger partial charge in [0.1, 0.15) is 5.65 Å². The number of carboxylic acid groups (broad SMARTS) is 1. The Kier molecular flexibility index (Phi) is 4.97. The highest BCUT2D eigenvalue weighted by molar-refractivity contribution is 7.99. The van der Waals surface area contributed by atoms with Crippen LogP contribution in [0.3, 0.4) is 0 Å². The summed E-state index contributed by atoms with van der Waals surface area (Å²) in [4.78, 5) is 17.7. The first-order valence-corrected chi connectivity index (χ1v) is 11.0. The van der Waals surface area contributed by atoms with Crippen molar-refractivity contribution < 1.29 is 19.7 Å². The summed E-state index contributed by atoms with van der Waals surface area (Å²) in [6, 6.07) is 16.1. The summed E-state index contributed by atoms with van der Waals surface area (Å²) in [6.07, 6.45) is 2.76. The lowest BCUT2D eigenvalue weighted by Crippen LogP contribution is -2.33. The topological polar surface area (TPSA) is 84.1 Å². The second-order valence-corrected chi connectivity index (χ2v) is 9.09. The number of aromatic nitrogens is 2. The number of ether oxygens (including phenoxy) is 1. The van der Waals surface area contributed by atoms with Gasteiger partial charge in [0.2, 0.25) is 0 Å². The van der Waals surface area contributed by atoms with E-state index < -0.39 is 11.6 Å². The summed E-state index contributed by atoms with van der Waals surface area (Å²) in [7, 11) is 0. The number of aromatic carboxylic acids is 1. The number of imidazole rings is 1. The highest BCUT2D eigenvalue weighted by Gasteiger charge is 2.31. The molecule has 4 aromatic rings. The van der Waals surface area contributed by atoms with Crippen molar-refractivity contribution in [2.24, 2.45) is 0 Å². The standard InChI is InChI=1S/C24H22N2O4S/c1-15-11-22-25-20(23(27)28)14-26(22)21-13-18(5-6-19(15)21)31-17-4-2-3-16(12-17)24(29)7-9-30-10-8-24/h2-6,11-14,29H,7-10H2,1H3,(H,27,28). The Balaban J connectivity index is 1.53. The van der Waals surface area contributed by atoms with Crippen LogP contribution in [0.2, 0.25) is 0 Å². The number of benzene rings is 2. The van der Waals surface area contributed by atoms with Crippen LogP contribution < -0.4 is 0 Å². The zero-order chi connectivity index (χ0) is 21.6. The van der Waals surface area contributed by atoms with Crippen molar-refractivity contribution in [3.8, 4) is 0 Å². The molecule has 0 atom stereocenters. The summed E-state index contributed by atoms with van der Waals surface area (Å²) in [6.45, 7) is 3.14. The molecular weight excluding hydrogens is 412 g/mol. The Morgan fingerprint density at radius 3 is 2.68 bits per heavy atom. The van der Waals surface area contributed by atoms with Gasteiger partial charge in [-0.3, -0.25) is 4.40 Å². The smallest absolute Gasteiger partial charge is 0.356 e. The summed E-state index contributed by atoms with van der Waals surface area (Å²) >= 11 is 1.61. The van der Waals surface area contributed by atoms with Gasteiger partial charge in [0.25, 0.3) is 0 Å². The molecule has 0 radical (unpaired) electrons. The fraction of sp³-hybridized carbons (Fsp3) is 0.250. The molecule has 0 unspecified atom stereocenters. The van der Waals surface area contributed by atoms with Crippen molar-refractivity contribution in [2.75, 3.05) is 13.2 Å². The van der Waals surface area contributed by atoms with Gasteiger partial charge in [-0.05, 0) is 48.4 Å². The minimum Gasteiger partial charge on any atom is -0.476 e. The molecule has 1 aliphatic heterocycles. The normalized spacial score (nSPS) is 16.1.